The number of aromatic nitrogens is 2. The van der Waals surface area contributed by atoms with E-state index >= 15 is 0 Å². The molecular weight excluding hydrogens is 451 g/mol. The number of para-hydroxylation sites is 1. The van der Waals surface area contributed by atoms with Crippen molar-refractivity contribution in [1.29, 1.82) is 0 Å². The maximum atomic E-state index is 14.1. The number of halogens is 1. The van der Waals surface area contributed by atoms with E-state index in [-0.39, 0.29) is 36.5 Å². The first-order valence-electron chi connectivity index (χ1n) is 11.3. The van der Waals surface area contributed by atoms with Crippen LogP contribution in [-0.4, -0.2) is 84.8 Å². The molecule has 10 nitrogen and oxygen atoms in total. The molecule has 2 atom stereocenters. The van der Waals surface area contributed by atoms with E-state index in [9.17, 15) is 17.6 Å². The highest BCUT2D eigenvalue weighted by Gasteiger charge is 2.41. The summed E-state index contributed by atoms with van der Waals surface area (Å²) >= 11 is 0. The third-order valence-corrected chi connectivity index (χ3v) is 8.90. The maximum Gasteiger partial charge on any atom is 0.311 e. The molecule has 12 heteroatoms. The number of amides is 1. The molecule has 178 valence electrons. The van der Waals surface area contributed by atoms with Crippen molar-refractivity contribution in [3.63, 3.8) is 0 Å². The van der Waals surface area contributed by atoms with Gasteiger partial charge in [0, 0.05) is 45.8 Å². The smallest absolute Gasteiger partial charge is 0.311 e. The quantitative estimate of drug-likeness (QED) is 0.678. The van der Waals surface area contributed by atoms with Gasteiger partial charge in [-0.3, -0.25) is 4.79 Å². The molecule has 5 rings (SSSR count). The molecule has 3 aliphatic heterocycles. The van der Waals surface area contributed by atoms with E-state index in [2.05, 4.69) is 15.5 Å². The van der Waals surface area contributed by atoms with Crippen molar-refractivity contribution in [3.05, 3.63) is 41.9 Å². The molecule has 2 aromatic rings. The van der Waals surface area contributed by atoms with Crippen molar-refractivity contribution >= 4 is 21.6 Å². The van der Waals surface area contributed by atoms with E-state index in [0.29, 0.717) is 45.0 Å². The van der Waals surface area contributed by atoms with E-state index in [1.807, 2.05) is 4.90 Å². The monoisotopic (exact) mass is 478 g/mol. The summed E-state index contributed by atoms with van der Waals surface area (Å²) in [4.78, 5) is 16.0. The SMILES string of the molecule is O=C(c1nnc(C2CC(S(=O)(=O)N3CCN(c4ccccc4F)CC3)CN2)o1)N1CCCC1. The van der Waals surface area contributed by atoms with Crippen LogP contribution in [0.25, 0.3) is 0 Å². The normalized spacial score (nSPS) is 24.5. The Morgan fingerprint density at radius 1 is 1.06 bits per heavy atom. The van der Waals surface area contributed by atoms with Crippen LogP contribution in [-0.2, 0) is 10.0 Å². The topological polar surface area (TPSA) is 112 Å². The molecule has 3 saturated heterocycles. The van der Waals surface area contributed by atoms with Gasteiger partial charge in [0.05, 0.1) is 17.0 Å². The number of piperazine rings is 1. The first-order chi connectivity index (χ1) is 15.9. The van der Waals surface area contributed by atoms with Gasteiger partial charge in [0.25, 0.3) is 0 Å². The number of anilines is 1. The van der Waals surface area contributed by atoms with Gasteiger partial charge >= 0.3 is 11.8 Å². The van der Waals surface area contributed by atoms with E-state index in [1.165, 1.54) is 10.4 Å². The van der Waals surface area contributed by atoms with Gasteiger partial charge in [-0.2, -0.15) is 4.31 Å². The summed E-state index contributed by atoms with van der Waals surface area (Å²) in [5, 5.41) is 10.4. The summed E-state index contributed by atoms with van der Waals surface area (Å²) in [5.41, 5.74) is 0.493. The zero-order valence-corrected chi connectivity index (χ0v) is 19.0. The Kier molecular flexibility index (Phi) is 6.06. The lowest BCUT2D eigenvalue weighted by atomic mass is 10.2. The zero-order chi connectivity index (χ0) is 23.0. The fourth-order valence-corrected chi connectivity index (χ4v) is 6.57. The predicted molar refractivity (Wildman–Crippen MR) is 118 cm³/mol. The Morgan fingerprint density at radius 3 is 2.52 bits per heavy atom. The lowest BCUT2D eigenvalue weighted by molar-refractivity contribution is 0.0750. The minimum Gasteiger partial charge on any atom is -0.415 e. The second-order valence-electron chi connectivity index (χ2n) is 8.65. The molecule has 0 spiro atoms. The Hall–Kier alpha value is -2.57. The number of rotatable bonds is 5. The molecule has 3 aliphatic rings. The fraction of sp³-hybridized carbons (Fsp3) is 0.571. The van der Waals surface area contributed by atoms with Crippen LogP contribution in [0.15, 0.2) is 28.7 Å². The number of hydrogen-bond acceptors (Lipinski definition) is 8. The molecule has 2 unspecified atom stereocenters. The highest BCUT2D eigenvalue weighted by Crippen LogP contribution is 2.29. The van der Waals surface area contributed by atoms with E-state index in [0.717, 1.165) is 12.8 Å². The lowest BCUT2D eigenvalue weighted by Gasteiger charge is -2.36. The molecule has 0 saturated carbocycles. The second-order valence-corrected chi connectivity index (χ2v) is 10.9. The highest BCUT2D eigenvalue weighted by molar-refractivity contribution is 7.89. The summed E-state index contributed by atoms with van der Waals surface area (Å²) in [7, 11) is -3.56. The van der Waals surface area contributed by atoms with E-state index in [4.69, 9.17) is 4.42 Å². The number of hydrogen-bond donors (Lipinski definition) is 1. The Balaban J connectivity index is 1.20. The second kappa shape index (κ2) is 8.99. The number of carbonyl (C=O) groups excluding carboxylic acids is 1. The molecule has 1 amide bonds. The van der Waals surface area contributed by atoms with Crippen molar-refractivity contribution in [1.82, 2.24) is 24.7 Å². The first-order valence-corrected chi connectivity index (χ1v) is 12.8. The summed E-state index contributed by atoms with van der Waals surface area (Å²) in [6.07, 6.45) is 2.21. The van der Waals surface area contributed by atoms with Crippen molar-refractivity contribution < 1.29 is 22.0 Å². The van der Waals surface area contributed by atoms with Gasteiger partial charge in [-0.25, -0.2) is 12.8 Å². The van der Waals surface area contributed by atoms with Gasteiger partial charge in [0.2, 0.25) is 15.9 Å². The summed E-state index contributed by atoms with van der Waals surface area (Å²) in [5.74, 6) is -0.399. The van der Waals surface area contributed by atoms with Crippen molar-refractivity contribution in [2.45, 2.75) is 30.6 Å². The van der Waals surface area contributed by atoms with Crippen LogP contribution in [0.4, 0.5) is 10.1 Å². The molecule has 1 aromatic heterocycles. The Morgan fingerprint density at radius 2 is 1.79 bits per heavy atom. The first kappa shape index (κ1) is 22.2. The van der Waals surface area contributed by atoms with Crippen LogP contribution < -0.4 is 10.2 Å². The lowest BCUT2D eigenvalue weighted by Crippen LogP contribution is -2.51. The van der Waals surface area contributed by atoms with Gasteiger partial charge in [0.15, 0.2) is 0 Å². The van der Waals surface area contributed by atoms with Gasteiger partial charge < -0.3 is 19.5 Å². The number of likely N-dealkylation sites (tertiary alicyclic amines) is 1. The van der Waals surface area contributed by atoms with Crippen LogP contribution >= 0.6 is 0 Å². The van der Waals surface area contributed by atoms with E-state index < -0.39 is 21.3 Å². The van der Waals surface area contributed by atoms with Crippen molar-refractivity contribution in [2.24, 2.45) is 0 Å². The molecule has 1 aromatic carbocycles. The molecule has 3 fully saturated rings. The average Bonchev–Trinajstić information content (AvgIpc) is 3.60. The Labute approximate surface area is 191 Å². The number of nitrogens with one attached hydrogen (secondary N) is 1. The van der Waals surface area contributed by atoms with Crippen LogP contribution in [0.1, 0.15) is 41.9 Å². The number of benzene rings is 1. The van der Waals surface area contributed by atoms with Crippen molar-refractivity contribution in [2.75, 3.05) is 50.7 Å². The third-order valence-electron chi connectivity index (χ3n) is 6.62. The van der Waals surface area contributed by atoms with Crippen LogP contribution in [0, 0.1) is 5.82 Å². The molecular formula is C21H27FN6O4S. The van der Waals surface area contributed by atoms with Crippen molar-refractivity contribution in [3.8, 4) is 0 Å². The zero-order valence-electron chi connectivity index (χ0n) is 18.2. The molecule has 33 heavy (non-hydrogen) atoms. The van der Waals surface area contributed by atoms with Crippen LogP contribution in [0.2, 0.25) is 0 Å². The maximum absolute atomic E-state index is 14.1. The third kappa shape index (κ3) is 4.34. The average molecular weight is 479 g/mol. The molecule has 4 heterocycles. The van der Waals surface area contributed by atoms with Gasteiger partial charge in [0.1, 0.15) is 5.82 Å². The van der Waals surface area contributed by atoms with Gasteiger partial charge in [-0.1, -0.05) is 12.1 Å². The van der Waals surface area contributed by atoms with Crippen LogP contribution in [0.5, 0.6) is 0 Å². The number of sulfonamides is 1. The predicted octanol–water partition coefficient (Wildman–Crippen LogP) is 1.000. The fourth-order valence-electron chi connectivity index (χ4n) is 4.74. The summed E-state index contributed by atoms with van der Waals surface area (Å²) < 4.78 is 47.6. The summed E-state index contributed by atoms with van der Waals surface area (Å²) in [6.45, 7) is 3.08. The number of carbonyl (C=O) groups is 1. The minimum absolute atomic E-state index is 0.0516. The van der Waals surface area contributed by atoms with Crippen LogP contribution in [0.3, 0.4) is 0 Å². The van der Waals surface area contributed by atoms with Gasteiger partial charge in [-0.15, -0.1) is 10.2 Å². The molecule has 0 aliphatic carbocycles. The number of nitrogens with zero attached hydrogens (tertiary/aromatic N) is 5. The highest BCUT2D eigenvalue weighted by atomic mass is 32.2. The molecule has 0 radical (unpaired) electrons. The van der Waals surface area contributed by atoms with Gasteiger partial charge in [-0.05, 0) is 31.4 Å². The largest absolute Gasteiger partial charge is 0.415 e. The Bertz CT molecular complexity index is 1110. The van der Waals surface area contributed by atoms with E-state index in [1.54, 1.807) is 23.1 Å². The molecule has 0 bridgehead atoms. The molecule has 1 N–H and O–H groups in total. The summed E-state index contributed by atoms with van der Waals surface area (Å²) in [6, 6.07) is 6.10. The standard InChI is InChI=1S/C21H27FN6O4S/c22-16-5-1-2-6-18(16)26-9-11-28(12-10-26)33(30,31)15-13-17(23-14-15)19-24-25-20(32-19)21(29)27-7-3-4-8-27/h1-2,5-6,15,17,23H,3-4,7-14H2. The minimum atomic E-state index is -3.56.